The van der Waals surface area contributed by atoms with E-state index in [-0.39, 0.29) is 18.9 Å². The first-order chi connectivity index (χ1) is 17.1. The summed E-state index contributed by atoms with van der Waals surface area (Å²) in [7, 11) is 1.66. The van der Waals surface area contributed by atoms with Gasteiger partial charge in [0.15, 0.2) is 0 Å². The average Bonchev–Trinajstić information content (AvgIpc) is 2.97. The Balaban J connectivity index is 1.67. The highest BCUT2D eigenvalue weighted by atomic mass is 19.1. The topological polar surface area (TPSA) is 118 Å². The first-order valence-electron chi connectivity index (χ1n) is 11.5. The van der Waals surface area contributed by atoms with E-state index >= 15 is 0 Å². The molecule has 1 aliphatic rings. The van der Waals surface area contributed by atoms with Gasteiger partial charge >= 0.3 is 6.03 Å². The van der Waals surface area contributed by atoms with Crippen LogP contribution < -0.4 is 15.5 Å². The minimum Gasteiger partial charge on any atom is -0.395 e. The number of nitrogens with one attached hydrogen (secondary N) is 3. The number of aromatic nitrogens is 1. The van der Waals surface area contributed by atoms with E-state index in [0.29, 0.717) is 24.1 Å². The highest BCUT2D eigenvalue weighted by Crippen LogP contribution is 2.27. The number of amides is 3. The summed E-state index contributed by atoms with van der Waals surface area (Å²) in [5.41, 5.74) is 2.74. The number of aryl methyl sites for hydroxylation is 1. The molecule has 1 atom stereocenters. The Labute approximate surface area is 210 Å². The van der Waals surface area contributed by atoms with Crippen molar-refractivity contribution in [3.05, 3.63) is 70.9 Å². The molecule has 0 fully saturated rings. The Morgan fingerprint density at radius 3 is 2.83 bits per heavy atom. The molecule has 0 saturated carbocycles. The number of urea groups is 1. The second-order valence-electron chi connectivity index (χ2n) is 9.23. The van der Waals surface area contributed by atoms with Crippen molar-refractivity contribution < 1.29 is 19.1 Å². The fraction of sp³-hybridized carbons (Fsp3) is 0.333. The summed E-state index contributed by atoms with van der Waals surface area (Å²) in [4.78, 5) is 30.9. The number of pyridine rings is 1. The van der Waals surface area contributed by atoms with E-state index < -0.39 is 23.4 Å². The van der Waals surface area contributed by atoms with E-state index in [0.717, 1.165) is 23.0 Å². The maximum Gasteiger partial charge on any atom is 0.319 e. The smallest absolute Gasteiger partial charge is 0.319 e. The molecule has 0 bridgehead atoms. The molecule has 3 rings (SSSR count). The van der Waals surface area contributed by atoms with E-state index in [4.69, 9.17) is 5.41 Å². The molecule has 4 N–H and O–H groups in total. The number of aliphatic hydroxyl groups excluding tert-OH is 1. The van der Waals surface area contributed by atoms with E-state index in [1.807, 2.05) is 32.0 Å². The van der Waals surface area contributed by atoms with E-state index in [9.17, 15) is 19.1 Å². The van der Waals surface area contributed by atoms with Crippen molar-refractivity contribution in [1.29, 1.82) is 5.41 Å². The van der Waals surface area contributed by atoms with Gasteiger partial charge in [-0.05, 0) is 62.1 Å². The van der Waals surface area contributed by atoms with Gasteiger partial charge in [0.05, 0.1) is 6.61 Å². The molecule has 36 heavy (non-hydrogen) atoms. The summed E-state index contributed by atoms with van der Waals surface area (Å²) in [6.07, 6.45) is 3.56. The number of rotatable bonds is 6. The van der Waals surface area contributed by atoms with Crippen molar-refractivity contribution in [2.75, 3.05) is 18.6 Å². The summed E-state index contributed by atoms with van der Waals surface area (Å²) in [6, 6.07) is 8.71. The molecule has 8 nitrogen and oxygen atoms in total. The maximum absolute atomic E-state index is 13.3. The molecule has 188 valence electrons. The second-order valence-corrected chi connectivity index (χ2v) is 9.23. The SMILES string of the molecule is CN1C(=O)C(NC(=O)N/C=C(\C=N)Cc2cccc(F)n2)CCc2ccc(C#CC(C)(C)CO)cc21. The molecule has 0 aliphatic carbocycles. The lowest BCUT2D eigenvalue weighted by atomic mass is 9.95. The zero-order valence-electron chi connectivity index (χ0n) is 20.6. The number of fused-ring (bicyclic) bond motifs is 1. The highest BCUT2D eigenvalue weighted by Gasteiger charge is 2.29. The van der Waals surface area contributed by atoms with Crippen molar-refractivity contribution in [2.24, 2.45) is 5.41 Å². The first-order valence-corrected chi connectivity index (χ1v) is 11.5. The van der Waals surface area contributed by atoms with E-state index in [1.165, 1.54) is 23.2 Å². The molecule has 0 spiro atoms. The number of benzene rings is 1. The number of halogens is 1. The summed E-state index contributed by atoms with van der Waals surface area (Å²) in [5, 5.41) is 22.2. The minimum atomic E-state index is -0.744. The third-order valence-electron chi connectivity index (χ3n) is 5.76. The average molecular weight is 492 g/mol. The van der Waals surface area contributed by atoms with Crippen LogP contribution in [0, 0.1) is 28.6 Å². The Bertz CT molecular complexity index is 1250. The molecule has 1 aromatic carbocycles. The lowest BCUT2D eigenvalue weighted by molar-refractivity contribution is -0.120. The number of anilines is 1. The Morgan fingerprint density at radius 2 is 2.14 bits per heavy atom. The normalized spacial score (nSPS) is 15.8. The number of aliphatic hydroxyl groups is 1. The predicted octanol–water partition coefficient (Wildman–Crippen LogP) is 2.94. The van der Waals surface area contributed by atoms with Crippen LogP contribution in [0.2, 0.25) is 0 Å². The number of nitrogens with zero attached hydrogens (tertiary/aromatic N) is 2. The predicted molar refractivity (Wildman–Crippen MR) is 136 cm³/mol. The van der Waals surface area contributed by atoms with Gasteiger partial charge in [-0.25, -0.2) is 9.78 Å². The van der Waals surface area contributed by atoms with Crippen LogP contribution >= 0.6 is 0 Å². The molecule has 2 aromatic rings. The van der Waals surface area contributed by atoms with Gasteiger partial charge in [-0.2, -0.15) is 4.39 Å². The number of hydrogen-bond donors (Lipinski definition) is 4. The van der Waals surface area contributed by atoms with Crippen LogP contribution in [0.3, 0.4) is 0 Å². The molecule has 3 amide bonds. The number of carbonyl (C=O) groups excluding carboxylic acids is 2. The number of allylic oxidation sites excluding steroid dienone is 1. The molecular formula is C27H30FN5O3. The summed E-state index contributed by atoms with van der Waals surface area (Å²) < 4.78 is 13.3. The van der Waals surface area contributed by atoms with Crippen LogP contribution in [0.25, 0.3) is 0 Å². The zero-order valence-corrected chi connectivity index (χ0v) is 20.6. The fourth-order valence-corrected chi connectivity index (χ4v) is 3.62. The van der Waals surface area contributed by atoms with Crippen molar-refractivity contribution >= 4 is 23.8 Å². The standard InChI is InChI=1S/C27H30FN5O3/c1-27(2,17-34)12-11-18-7-8-20-9-10-22(25(35)33(3)23(20)14-18)32-26(36)30-16-19(15-29)13-21-5-4-6-24(28)31-21/h4-8,14-16,22,29,34H,9-10,13,17H2,1-3H3,(H2,30,32,36)/b19-16-,29-15?. The first kappa shape index (κ1) is 26.6. The Hall–Kier alpha value is -4.03. The van der Waals surface area contributed by atoms with E-state index in [1.54, 1.807) is 13.1 Å². The van der Waals surface area contributed by atoms with Crippen molar-refractivity contribution in [3.8, 4) is 11.8 Å². The molecule has 0 saturated heterocycles. The lowest BCUT2D eigenvalue weighted by Crippen LogP contribution is -2.49. The number of hydrogen-bond acceptors (Lipinski definition) is 5. The highest BCUT2D eigenvalue weighted by molar-refractivity contribution is 6.00. The summed E-state index contributed by atoms with van der Waals surface area (Å²) >= 11 is 0. The fourth-order valence-electron chi connectivity index (χ4n) is 3.62. The zero-order chi connectivity index (χ0) is 26.3. The van der Waals surface area contributed by atoms with Crippen molar-refractivity contribution in [2.45, 2.75) is 39.2 Å². The van der Waals surface area contributed by atoms with Gasteiger partial charge in [0.1, 0.15) is 6.04 Å². The summed E-state index contributed by atoms with van der Waals surface area (Å²) in [5.74, 6) is 5.23. The molecular weight excluding hydrogens is 461 g/mol. The number of likely N-dealkylation sites (N-methyl/N-ethyl adjacent to an activating group) is 1. The Morgan fingerprint density at radius 1 is 1.36 bits per heavy atom. The molecule has 1 aliphatic heterocycles. The quantitative estimate of drug-likeness (QED) is 0.282. The third-order valence-corrected chi connectivity index (χ3v) is 5.76. The monoisotopic (exact) mass is 491 g/mol. The van der Waals surface area contributed by atoms with Crippen molar-refractivity contribution in [3.63, 3.8) is 0 Å². The van der Waals surface area contributed by atoms with Crippen LogP contribution in [-0.2, 0) is 17.6 Å². The molecule has 1 aromatic heterocycles. The van der Waals surface area contributed by atoms with Gasteiger partial charge in [0.2, 0.25) is 11.9 Å². The maximum atomic E-state index is 13.3. The van der Waals surface area contributed by atoms with Crippen LogP contribution in [0.4, 0.5) is 14.9 Å². The van der Waals surface area contributed by atoms with Gasteiger partial charge in [0.25, 0.3) is 0 Å². The van der Waals surface area contributed by atoms with Gasteiger partial charge < -0.3 is 26.0 Å². The van der Waals surface area contributed by atoms with Gasteiger partial charge in [-0.3, -0.25) is 4.79 Å². The second kappa shape index (κ2) is 11.6. The summed E-state index contributed by atoms with van der Waals surface area (Å²) in [6.45, 7) is 3.63. The molecule has 2 heterocycles. The third kappa shape index (κ3) is 6.99. The number of carbonyl (C=O) groups is 2. The van der Waals surface area contributed by atoms with Gasteiger partial charge in [-0.15, -0.1) is 0 Å². The van der Waals surface area contributed by atoms with Crippen LogP contribution in [0.5, 0.6) is 0 Å². The molecule has 1 unspecified atom stereocenters. The van der Waals surface area contributed by atoms with Crippen LogP contribution in [0.15, 0.2) is 48.2 Å². The molecule has 9 heteroatoms. The van der Waals surface area contributed by atoms with Crippen LogP contribution in [0.1, 0.15) is 37.1 Å². The largest absolute Gasteiger partial charge is 0.395 e. The minimum absolute atomic E-state index is 0.0586. The Kier molecular flexibility index (Phi) is 8.56. The lowest BCUT2D eigenvalue weighted by Gasteiger charge is -2.22. The molecule has 0 radical (unpaired) electrons. The van der Waals surface area contributed by atoms with Crippen LogP contribution in [-0.4, -0.2) is 47.9 Å². The van der Waals surface area contributed by atoms with Gasteiger partial charge in [-0.1, -0.05) is 24.0 Å². The van der Waals surface area contributed by atoms with E-state index in [2.05, 4.69) is 27.5 Å². The van der Waals surface area contributed by atoms with Gasteiger partial charge in [0, 0.05) is 48.2 Å². The van der Waals surface area contributed by atoms with Crippen molar-refractivity contribution in [1.82, 2.24) is 15.6 Å².